The van der Waals surface area contributed by atoms with E-state index in [9.17, 15) is 9.59 Å². The molecule has 2 aliphatic rings. The summed E-state index contributed by atoms with van der Waals surface area (Å²) in [5, 5.41) is 8.76. The van der Waals surface area contributed by atoms with Crippen molar-refractivity contribution in [2.24, 2.45) is 4.99 Å². The molecule has 1 saturated heterocycles. The van der Waals surface area contributed by atoms with Crippen molar-refractivity contribution in [3.63, 3.8) is 0 Å². The van der Waals surface area contributed by atoms with E-state index in [0.717, 1.165) is 0 Å². The third kappa shape index (κ3) is 1.41. The maximum atomic E-state index is 11.5. The zero-order valence-corrected chi connectivity index (χ0v) is 7.58. The minimum Gasteiger partial charge on any atom is -0.481 e. The smallest absolute Gasteiger partial charge is 0.305 e. The van der Waals surface area contributed by atoms with Crippen LogP contribution in [0.3, 0.4) is 0 Å². The molecule has 0 aromatic rings. The molecule has 0 radical (unpaired) electrons. The fraction of sp³-hybridized carbons (Fsp3) is 0.571. The summed E-state index contributed by atoms with van der Waals surface area (Å²) >= 11 is 1.26. The Bertz CT molecular complexity index is 302. The van der Waals surface area contributed by atoms with E-state index in [4.69, 9.17) is 5.11 Å². The topological polar surface area (TPSA) is 70.0 Å². The maximum Gasteiger partial charge on any atom is 0.305 e. The number of hydrogen-bond donors (Lipinski definition) is 1. The first-order valence-electron chi connectivity index (χ1n) is 3.93. The van der Waals surface area contributed by atoms with E-state index in [1.807, 2.05) is 0 Å². The van der Waals surface area contributed by atoms with Crippen molar-refractivity contribution in [2.45, 2.75) is 11.7 Å². The highest BCUT2D eigenvalue weighted by Gasteiger charge is 2.40. The Hall–Kier alpha value is -1.04. The molecule has 2 heterocycles. The van der Waals surface area contributed by atoms with Gasteiger partial charge in [0.05, 0.1) is 13.0 Å². The Kier molecular flexibility index (Phi) is 1.99. The number of carbonyl (C=O) groups is 2. The van der Waals surface area contributed by atoms with E-state index < -0.39 is 11.2 Å². The number of thioether (sulfide) groups is 1. The molecule has 0 spiro atoms. The second kappa shape index (κ2) is 3.02. The fourth-order valence-corrected chi connectivity index (χ4v) is 2.55. The number of carbonyl (C=O) groups excluding carboxylic acids is 1. The quantitative estimate of drug-likeness (QED) is 0.668. The van der Waals surface area contributed by atoms with Crippen molar-refractivity contribution in [1.29, 1.82) is 0 Å². The first-order valence-corrected chi connectivity index (χ1v) is 4.81. The zero-order valence-electron chi connectivity index (χ0n) is 6.77. The van der Waals surface area contributed by atoms with Gasteiger partial charge in [-0.25, -0.2) is 0 Å². The van der Waals surface area contributed by atoms with Crippen molar-refractivity contribution < 1.29 is 14.7 Å². The molecular formula is C7H8N2O3S. The summed E-state index contributed by atoms with van der Waals surface area (Å²) < 4.78 is 0. The van der Waals surface area contributed by atoms with E-state index in [1.165, 1.54) is 11.8 Å². The molecular weight excluding hydrogens is 192 g/mol. The Labute approximate surface area is 78.8 Å². The van der Waals surface area contributed by atoms with Crippen molar-refractivity contribution >= 4 is 28.8 Å². The molecule has 6 heteroatoms. The minimum atomic E-state index is -0.937. The van der Waals surface area contributed by atoms with Crippen LogP contribution < -0.4 is 0 Å². The van der Waals surface area contributed by atoms with E-state index in [-0.39, 0.29) is 12.3 Å². The Morgan fingerprint density at radius 3 is 3.15 bits per heavy atom. The van der Waals surface area contributed by atoms with Gasteiger partial charge in [-0.15, -0.1) is 0 Å². The Balaban J connectivity index is 2.10. The van der Waals surface area contributed by atoms with Crippen molar-refractivity contribution in [3.8, 4) is 0 Å². The van der Waals surface area contributed by atoms with Gasteiger partial charge in [-0.1, -0.05) is 11.8 Å². The number of hydrogen-bond acceptors (Lipinski definition) is 4. The molecule has 0 unspecified atom stereocenters. The number of fused-ring (bicyclic) bond motifs is 1. The van der Waals surface area contributed by atoms with Crippen LogP contribution in [0.2, 0.25) is 0 Å². The third-order valence-corrected chi connectivity index (χ3v) is 3.16. The molecule has 70 valence electrons. The highest BCUT2D eigenvalue weighted by molar-refractivity contribution is 8.15. The number of aliphatic imine (C=N–C) groups is 1. The lowest BCUT2D eigenvalue weighted by molar-refractivity contribution is -0.139. The molecule has 1 N–H and O–H groups in total. The summed E-state index contributed by atoms with van der Waals surface area (Å²) in [6, 6.07) is 0. The number of nitrogens with zero attached hydrogens (tertiary/aromatic N) is 2. The first kappa shape index (κ1) is 8.55. The van der Waals surface area contributed by atoms with Crippen LogP contribution in [0.1, 0.15) is 6.42 Å². The van der Waals surface area contributed by atoms with E-state index in [2.05, 4.69) is 4.99 Å². The number of rotatable bonds is 2. The molecule has 0 saturated carbocycles. The number of amidine groups is 1. The number of amides is 1. The molecule has 13 heavy (non-hydrogen) atoms. The average Bonchev–Trinajstić information content (AvgIpc) is 2.56. The van der Waals surface area contributed by atoms with Gasteiger partial charge in [0.2, 0.25) is 5.91 Å². The van der Waals surface area contributed by atoms with Crippen LogP contribution in [0.15, 0.2) is 4.99 Å². The van der Waals surface area contributed by atoms with Crippen LogP contribution in [-0.4, -0.2) is 45.4 Å². The van der Waals surface area contributed by atoms with Gasteiger partial charge in [0, 0.05) is 6.54 Å². The van der Waals surface area contributed by atoms with Crippen LogP contribution in [0.4, 0.5) is 0 Å². The molecule has 2 aliphatic heterocycles. The second-order valence-electron chi connectivity index (χ2n) is 2.86. The van der Waals surface area contributed by atoms with Crippen LogP contribution in [0, 0.1) is 0 Å². The molecule has 0 aromatic heterocycles. The summed E-state index contributed by atoms with van der Waals surface area (Å²) in [5.74, 6) is -1.05. The number of aliphatic carboxylic acids is 1. The Morgan fingerprint density at radius 2 is 2.54 bits per heavy atom. The minimum absolute atomic E-state index is 0.108. The fourth-order valence-electron chi connectivity index (χ4n) is 1.37. The van der Waals surface area contributed by atoms with Gasteiger partial charge in [-0.2, -0.15) is 0 Å². The second-order valence-corrected chi connectivity index (χ2v) is 4.03. The largest absolute Gasteiger partial charge is 0.481 e. The van der Waals surface area contributed by atoms with Crippen molar-refractivity contribution in [3.05, 3.63) is 0 Å². The highest BCUT2D eigenvalue weighted by Crippen LogP contribution is 2.31. The monoisotopic (exact) mass is 200 g/mol. The lowest BCUT2D eigenvalue weighted by Gasteiger charge is -2.07. The predicted molar refractivity (Wildman–Crippen MR) is 47.6 cm³/mol. The first-order chi connectivity index (χ1) is 6.18. The van der Waals surface area contributed by atoms with Crippen LogP contribution in [-0.2, 0) is 9.59 Å². The molecule has 1 amide bonds. The van der Waals surface area contributed by atoms with Gasteiger partial charge >= 0.3 is 5.97 Å². The summed E-state index contributed by atoms with van der Waals surface area (Å²) in [6.45, 7) is 1.26. The van der Waals surface area contributed by atoms with E-state index >= 15 is 0 Å². The normalized spacial score (nSPS) is 26.2. The molecule has 2 rings (SSSR count). The van der Waals surface area contributed by atoms with Crippen LogP contribution >= 0.6 is 11.8 Å². The van der Waals surface area contributed by atoms with Gasteiger partial charge in [-0.3, -0.25) is 19.5 Å². The lowest BCUT2D eigenvalue weighted by Crippen LogP contribution is -2.31. The van der Waals surface area contributed by atoms with Crippen molar-refractivity contribution in [1.82, 2.24) is 4.90 Å². The molecule has 1 atom stereocenters. The van der Waals surface area contributed by atoms with E-state index in [0.29, 0.717) is 18.3 Å². The average molecular weight is 200 g/mol. The molecule has 0 bridgehead atoms. The predicted octanol–water partition coefficient (Wildman–Crippen LogP) is -0.225. The van der Waals surface area contributed by atoms with Crippen LogP contribution in [0.25, 0.3) is 0 Å². The molecule has 0 aliphatic carbocycles. The Morgan fingerprint density at radius 1 is 1.77 bits per heavy atom. The summed E-state index contributed by atoms with van der Waals surface area (Å²) in [7, 11) is 0. The van der Waals surface area contributed by atoms with Gasteiger partial charge in [0.15, 0.2) is 5.17 Å². The SMILES string of the molecule is O=C(O)C[C@@H]1SC2=NCCN2C1=O. The van der Waals surface area contributed by atoms with Gasteiger partial charge in [0.25, 0.3) is 0 Å². The maximum absolute atomic E-state index is 11.5. The number of carboxylic acid groups (broad SMARTS) is 1. The molecule has 0 aromatic carbocycles. The zero-order chi connectivity index (χ0) is 9.42. The van der Waals surface area contributed by atoms with Crippen LogP contribution in [0.5, 0.6) is 0 Å². The third-order valence-electron chi connectivity index (χ3n) is 1.95. The van der Waals surface area contributed by atoms with Gasteiger partial charge in [-0.05, 0) is 0 Å². The van der Waals surface area contributed by atoms with E-state index in [1.54, 1.807) is 4.90 Å². The summed E-state index contributed by atoms with van der Waals surface area (Å²) in [4.78, 5) is 27.5. The van der Waals surface area contributed by atoms with Gasteiger partial charge < -0.3 is 5.11 Å². The lowest BCUT2D eigenvalue weighted by atomic mass is 10.3. The molecule has 1 fully saturated rings. The van der Waals surface area contributed by atoms with Crippen molar-refractivity contribution in [2.75, 3.05) is 13.1 Å². The van der Waals surface area contributed by atoms with Gasteiger partial charge in [0.1, 0.15) is 5.25 Å². The highest BCUT2D eigenvalue weighted by atomic mass is 32.2. The summed E-state index contributed by atoms with van der Waals surface area (Å²) in [5.41, 5.74) is 0. The standard InChI is InChI=1S/C7H8N2O3S/c10-5(11)3-4-6(12)9-2-1-8-7(9)13-4/h4H,1-3H2,(H,10,11)/t4-/m0/s1. The molecule has 5 nitrogen and oxygen atoms in total. The summed E-state index contributed by atoms with van der Waals surface area (Å²) in [6.07, 6.45) is -0.112. The number of carboxylic acids is 1.